The van der Waals surface area contributed by atoms with E-state index in [1.807, 2.05) is 6.07 Å². The molecule has 3 fully saturated rings. The van der Waals surface area contributed by atoms with Gasteiger partial charge in [-0.2, -0.15) is 0 Å². The van der Waals surface area contributed by atoms with Gasteiger partial charge < -0.3 is 24.2 Å². The van der Waals surface area contributed by atoms with Crippen LogP contribution in [-0.2, 0) is 10.2 Å². The predicted octanol–water partition coefficient (Wildman–Crippen LogP) is 1.18. The standard InChI is InChI=1S/C17H23NO4/c1-18-7-6-17(14(18)9-11(19)15-16(17)22-15)10-4-5-12(20-2)13(8-10)21-3/h4-5,8,11,14-16,19H,6-7,9H2,1-3H3/t11-,14+,15-,16-,17-/m1/s1. The molecule has 5 heteroatoms. The van der Waals surface area contributed by atoms with Crippen molar-refractivity contribution in [2.45, 2.75) is 42.6 Å². The lowest BCUT2D eigenvalue weighted by atomic mass is 9.65. The van der Waals surface area contributed by atoms with E-state index in [1.54, 1.807) is 14.2 Å². The van der Waals surface area contributed by atoms with Gasteiger partial charge in [0, 0.05) is 11.5 Å². The van der Waals surface area contributed by atoms with Gasteiger partial charge in [-0.05, 0) is 44.1 Å². The SMILES string of the molecule is COc1ccc([C@]23CCN(C)[C@H]2C[C@@H](O)[C@H]2O[C@H]23)cc1OC. The van der Waals surface area contributed by atoms with Crippen LogP contribution in [0.1, 0.15) is 18.4 Å². The fraction of sp³-hybridized carbons (Fsp3) is 0.647. The maximum absolute atomic E-state index is 10.2. The van der Waals surface area contributed by atoms with Crippen molar-refractivity contribution in [3.05, 3.63) is 23.8 Å². The Morgan fingerprint density at radius 1 is 1.27 bits per heavy atom. The van der Waals surface area contributed by atoms with Crippen LogP contribution >= 0.6 is 0 Å². The highest BCUT2D eigenvalue weighted by Gasteiger charge is 2.67. The first kappa shape index (κ1) is 14.3. The Kier molecular flexibility index (Phi) is 3.15. The molecule has 0 spiro atoms. The molecule has 2 aliphatic heterocycles. The van der Waals surface area contributed by atoms with E-state index in [1.165, 1.54) is 5.56 Å². The fourth-order valence-electron chi connectivity index (χ4n) is 4.62. The maximum Gasteiger partial charge on any atom is 0.161 e. The number of benzene rings is 1. The molecule has 3 aliphatic rings. The van der Waals surface area contributed by atoms with Crippen molar-refractivity contribution in [3.63, 3.8) is 0 Å². The molecule has 4 rings (SSSR count). The van der Waals surface area contributed by atoms with Gasteiger partial charge in [0.05, 0.1) is 26.4 Å². The van der Waals surface area contributed by atoms with E-state index in [9.17, 15) is 5.11 Å². The molecule has 22 heavy (non-hydrogen) atoms. The van der Waals surface area contributed by atoms with Crippen LogP contribution in [0.5, 0.6) is 11.5 Å². The molecular weight excluding hydrogens is 282 g/mol. The number of rotatable bonds is 3. The van der Waals surface area contributed by atoms with Crippen LogP contribution in [-0.4, -0.2) is 62.2 Å². The molecule has 0 unspecified atom stereocenters. The molecule has 1 aromatic rings. The third-order valence-electron chi connectivity index (χ3n) is 5.80. The van der Waals surface area contributed by atoms with E-state index >= 15 is 0 Å². The lowest BCUT2D eigenvalue weighted by Gasteiger charge is -2.41. The van der Waals surface area contributed by atoms with Gasteiger partial charge in [0.2, 0.25) is 0 Å². The summed E-state index contributed by atoms with van der Waals surface area (Å²) in [5.41, 5.74) is 1.19. The Bertz CT molecular complexity index is 592. The number of fused-ring (bicyclic) bond motifs is 3. The summed E-state index contributed by atoms with van der Waals surface area (Å²) in [6, 6.07) is 6.50. The number of methoxy groups -OCH3 is 2. The summed E-state index contributed by atoms with van der Waals surface area (Å²) in [4.78, 5) is 2.36. The van der Waals surface area contributed by atoms with Crippen molar-refractivity contribution < 1.29 is 19.3 Å². The van der Waals surface area contributed by atoms with Crippen molar-refractivity contribution in [2.75, 3.05) is 27.8 Å². The van der Waals surface area contributed by atoms with Crippen LogP contribution in [0.3, 0.4) is 0 Å². The summed E-state index contributed by atoms with van der Waals surface area (Å²) in [6.45, 7) is 1.03. The zero-order chi connectivity index (χ0) is 15.5. The van der Waals surface area contributed by atoms with E-state index < -0.39 is 0 Å². The average Bonchev–Trinajstić information content (AvgIpc) is 3.29. The Morgan fingerprint density at radius 2 is 2.05 bits per heavy atom. The lowest BCUT2D eigenvalue weighted by Crippen LogP contribution is -2.52. The first-order valence-corrected chi connectivity index (χ1v) is 7.88. The minimum absolute atomic E-state index is 0.00385. The van der Waals surface area contributed by atoms with Crippen LogP contribution in [0.4, 0.5) is 0 Å². The van der Waals surface area contributed by atoms with Gasteiger partial charge >= 0.3 is 0 Å². The quantitative estimate of drug-likeness (QED) is 0.850. The van der Waals surface area contributed by atoms with E-state index in [0.717, 1.165) is 30.9 Å². The van der Waals surface area contributed by atoms with Gasteiger partial charge in [0.25, 0.3) is 0 Å². The molecule has 1 N–H and O–H groups in total. The second-order valence-corrected chi connectivity index (χ2v) is 6.68. The minimum Gasteiger partial charge on any atom is -0.493 e. The Morgan fingerprint density at radius 3 is 2.77 bits per heavy atom. The second kappa shape index (κ2) is 4.85. The molecule has 0 radical (unpaired) electrons. The Labute approximate surface area is 130 Å². The first-order chi connectivity index (χ1) is 10.6. The number of hydrogen-bond acceptors (Lipinski definition) is 5. The topological polar surface area (TPSA) is 54.5 Å². The highest BCUT2D eigenvalue weighted by molar-refractivity contribution is 5.48. The predicted molar refractivity (Wildman–Crippen MR) is 81.5 cm³/mol. The zero-order valence-corrected chi connectivity index (χ0v) is 13.3. The number of likely N-dealkylation sites (N-methyl/N-ethyl adjacent to an activating group) is 1. The molecule has 1 saturated carbocycles. The highest BCUT2D eigenvalue weighted by Crippen LogP contribution is 2.57. The van der Waals surface area contributed by atoms with E-state index in [4.69, 9.17) is 14.2 Å². The number of likely N-dealkylation sites (tertiary alicyclic amines) is 1. The molecule has 2 heterocycles. The van der Waals surface area contributed by atoms with Crippen LogP contribution in [0.15, 0.2) is 18.2 Å². The monoisotopic (exact) mass is 305 g/mol. The van der Waals surface area contributed by atoms with E-state index in [-0.39, 0.29) is 23.7 Å². The number of ether oxygens (including phenoxy) is 3. The van der Waals surface area contributed by atoms with Crippen LogP contribution in [0.2, 0.25) is 0 Å². The molecule has 2 saturated heterocycles. The molecule has 1 aliphatic carbocycles. The van der Waals surface area contributed by atoms with E-state index in [0.29, 0.717) is 6.04 Å². The van der Waals surface area contributed by atoms with Crippen LogP contribution in [0.25, 0.3) is 0 Å². The number of aliphatic hydroxyl groups excluding tert-OH is 1. The Balaban J connectivity index is 1.79. The third-order valence-corrected chi connectivity index (χ3v) is 5.80. The second-order valence-electron chi connectivity index (χ2n) is 6.68. The minimum atomic E-state index is -0.344. The lowest BCUT2D eigenvalue weighted by molar-refractivity contribution is 0.0768. The molecule has 5 atom stereocenters. The number of epoxide rings is 1. The number of nitrogens with zero attached hydrogens (tertiary/aromatic N) is 1. The zero-order valence-electron chi connectivity index (χ0n) is 13.3. The van der Waals surface area contributed by atoms with Gasteiger partial charge in [-0.25, -0.2) is 0 Å². The maximum atomic E-state index is 10.2. The smallest absolute Gasteiger partial charge is 0.161 e. The van der Waals surface area contributed by atoms with Crippen molar-refractivity contribution in [3.8, 4) is 11.5 Å². The number of aliphatic hydroxyl groups is 1. The van der Waals surface area contributed by atoms with Gasteiger partial charge in [-0.1, -0.05) is 6.07 Å². The van der Waals surface area contributed by atoms with Crippen molar-refractivity contribution in [2.24, 2.45) is 0 Å². The summed E-state index contributed by atoms with van der Waals surface area (Å²) in [7, 11) is 5.46. The molecule has 1 aromatic carbocycles. The molecule has 5 nitrogen and oxygen atoms in total. The Hall–Kier alpha value is -1.30. The largest absolute Gasteiger partial charge is 0.493 e. The first-order valence-electron chi connectivity index (χ1n) is 7.88. The van der Waals surface area contributed by atoms with Crippen molar-refractivity contribution >= 4 is 0 Å². The number of hydrogen-bond donors (Lipinski definition) is 1. The van der Waals surface area contributed by atoms with Gasteiger partial charge in [0.15, 0.2) is 11.5 Å². The fourth-order valence-corrected chi connectivity index (χ4v) is 4.62. The molecular formula is C17H23NO4. The van der Waals surface area contributed by atoms with Crippen LogP contribution < -0.4 is 9.47 Å². The average molecular weight is 305 g/mol. The third kappa shape index (κ3) is 1.76. The summed E-state index contributed by atoms with van der Waals surface area (Å²) in [5, 5.41) is 10.2. The van der Waals surface area contributed by atoms with Gasteiger partial charge in [-0.15, -0.1) is 0 Å². The van der Waals surface area contributed by atoms with Crippen molar-refractivity contribution in [1.82, 2.24) is 4.90 Å². The summed E-state index contributed by atoms with van der Waals surface area (Å²) >= 11 is 0. The summed E-state index contributed by atoms with van der Waals surface area (Å²) in [6.07, 6.45) is 1.59. The molecule has 120 valence electrons. The normalized spacial score (nSPS) is 40.0. The molecule has 0 aromatic heterocycles. The summed E-state index contributed by atoms with van der Waals surface area (Å²) < 4.78 is 16.7. The molecule has 0 amide bonds. The summed E-state index contributed by atoms with van der Waals surface area (Å²) in [5.74, 6) is 1.50. The van der Waals surface area contributed by atoms with Crippen LogP contribution in [0, 0.1) is 0 Å². The van der Waals surface area contributed by atoms with Gasteiger partial charge in [0.1, 0.15) is 6.10 Å². The van der Waals surface area contributed by atoms with E-state index in [2.05, 4.69) is 24.1 Å². The van der Waals surface area contributed by atoms with Gasteiger partial charge in [-0.3, -0.25) is 0 Å². The highest BCUT2D eigenvalue weighted by atomic mass is 16.6. The molecule has 0 bridgehead atoms. The van der Waals surface area contributed by atoms with Crippen molar-refractivity contribution in [1.29, 1.82) is 0 Å².